The van der Waals surface area contributed by atoms with Crippen molar-refractivity contribution in [2.45, 2.75) is 196 Å². The van der Waals surface area contributed by atoms with Gasteiger partial charge in [0, 0.05) is 33.0 Å². The number of fused-ring (bicyclic) bond motifs is 16. The number of aryl methyl sites for hydroxylation is 6. The van der Waals surface area contributed by atoms with Gasteiger partial charge in [-0.25, -0.2) is 29.7 Å². The molecule has 0 unspecified atom stereocenters. The van der Waals surface area contributed by atoms with Gasteiger partial charge < -0.3 is 19.9 Å². The number of imide groups is 2. The summed E-state index contributed by atoms with van der Waals surface area (Å²) >= 11 is 0. The topological polar surface area (TPSA) is 183 Å². The summed E-state index contributed by atoms with van der Waals surface area (Å²) in [5.74, 6) is -2.39. The molecule has 4 amide bonds. The van der Waals surface area contributed by atoms with E-state index < -0.39 is 23.6 Å². The molecule has 6 aliphatic heterocycles. The molecule has 6 aliphatic rings. The van der Waals surface area contributed by atoms with Crippen molar-refractivity contribution in [2.75, 3.05) is 9.80 Å². The minimum absolute atomic E-state index is 0. The van der Waals surface area contributed by atoms with Crippen LogP contribution in [0.3, 0.4) is 0 Å². The molecule has 14 nitrogen and oxygen atoms in total. The Bertz CT molecular complexity index is 7620. The van der Waals surface area contributed by atoms with E-state index in [4.69, 9.17) is 39.9 Å². The largest absolute Gasteiger partial charge is 2.00 e. The molecule has 148 heavy (non-hydrogen) atoms. The molecule has 12 heterocycles. The summed E-state index contributed by atoms with van der Waals surface area (Å²) in [5.41, 5.74) is 35.1. The van der Waals surface area contributed by atoms with Crippen LogP contribution in [0.5, 0.6) is 0 Å². The number of amides is 4. The van der Waals surface area contributed by atoms with E-state index in [9.17, 15) is 0 Å². The molecule has 0 saturated heterocycles. The summed E-state index contributed by atoms with van der Waals surface area (Å²) in [4.78, 5) is 110. The smallest absolute Gasteiger partial charge is 0.657 e. The summed E-state index contributed by atoms with van der Waals surface area (Å²) in [6.45, 7) is 13.4. The van der Waals surface area contributed by atoms with Crippen molar-refractivity contribution in [2.24, 2.45) is 0 Å². The maximum atomic E-state index is 15.6. The molecule has 22 rings (SSSR count). The van der Waals surface area contributed by atoms with Crippen LogP contribution in [-0.2, 0) is 77.5 Å². The normalized spacial score (nSPS) is 12.9. The molecular weight excluding hydrogens is 1920 g/mol. The van der Waals surface area contributed by atoms with Crippen molar-refractivity contribution in [3.63, 3.8) is 0 Å². The van der Waals surface area contributed by atoms with Crippen LogP contribution in [0.25, 0.3) is 193 Å². The van der Waals surface area contributed by atoms with Gasteiger partial charge in [0.25, 0.3) is 23.6 Å². The number of carbonyl (C=O) groups is 4. The van der Waals surface area contributed by atoms with Gasteiger partial charge in [-0.2, -0.15) is 0 Å². The minimum atomic E-state index is -0.598. The van der Waals surface area contributed by atoms with E-state index in [-0.39, 0.29) is 72.0 Å². The van der Waals surface area contributed by atoms with Crippen LogP contribution < -0.4 is 29.7 Å². The van der Waals surface area contributed by atoms with Gasteiger partial charge in [-0.05, 0) is 297 Å². The van der Waals surface area contributed by atoms with Crippen LogP contribution in [0.1, 0.15) is 277 Å². The maximum absolute atomic E-state index is 15.6. The number of carbonyl (C=O) groups excluding carboxylic acids is 4. The SMILES string of the molecule is CCCCCc1ccc(-c2c3nc(c(-c4ccc(CCCCC)cc4)c4ccc([n-]4)c(-c4ccc(N5C(=O)c6ccc7c8c(ccc(c68)C5=O)C(=O)N(c5ccc(-c6c8nc(c(-c9ccc(CCCCC)cc9)c9ccc([n-]9)c(-c9ccc(CCCCC)cc9)c9nc(c(-c%10ccc(CCCCC)cc%10)c%10ccc6[n-]%10)C=C9)C=C8)cc5)C7=O)cc4)c4nc(c(-c5ccc(CCCCC)cc5)c5ccc2[n-]5)C=C4)C=C3)cc1.[Zn+2].[Zn+2]. The zero-order valence-corrected chi connectivity index (χ0v) is 91.4. The van der Waals surface area contributed by atoms with Crippen LogP contribution in [-0.4, -0.2) is 43.6 Å². The van der Waals surface area contributed by atoms with E-state index in [1.165, 1.54) is 56.0 Å². The molecule has 0 aliphatic carbocycles. The standard InChI is InChI=1S/C132H118N10O4.2Zn/c1-7-13-19-25-83-31-43-89(44-32-83)119-103-67-71-107(133-103)121(91-47-35-85(36-48-91)27-21-15-9-3)111-75-79-115(137-111)125(116-80-76-112(138-116)122(108-72-68-104(119)134-108)92-49-37-86(38-50-92)28-22-16-10-4)95-55-59-97(60-56-95)141-129(143)99-63-65-101-128-102(66-64-100(127(99)128)130(141)144)132(146)142(131(101)145)98-61-57-96(58-62-98)126-117-81-77-113(139-117)123(93-51-39-87(40-52-93)29-23-17-11-5)109-73-69-105(135-109)120(90-45-33-84(34-46-90)26-20-14-8-2)106-70-74-110(136-106)124(114-78-82-118(126)140-114)94-53-41-88(42-54-94)30-24-18-12-6;;/h31-82H,7-30H2,1-6H3;;/q-4;2*+2. The van der Waals surface area contributed by atoms with E-state index in [0.717, 1.165) is 298 Å². The first kappa shape index (κ1) is 100. The van der Waals surface area contributed by atoms with Gasteiger partial charge in [-0.15, -0.1) is 44.1 Å². The van der Waals surface area contributed by atoms with Crippen molar-refractivity contribution in [3.8, 4) is 89.0 Å². The van der Waals surface area contributed by atoms with Gasteiger partial charge in [0.05, 0.1) is 56.9 Å². The fraction of sp³-hybridized carbons (Fsp3) is 0.227. The van der Waals surface area contributed by atoms with Crippen LogP contribution in [0, 0.1) is 0 Å². The Balaban J connectivity index is 0.00000664. The molecule has 0 fully saturated rings. The van der Waals surface area contributed by atoms with E-state index >= 15 is 19.2 Å². The molecule has 0 atom stereocenters. The van der Waals surface area contributed by atoms with E-state index in [1.54, 1.807) is 48.5 Å². The molecule has 724 valence electrons. The number of nitrogens with zero attached hydrogens (tertiary/aromatic N) is 10. The molecule has 0 spiro atoms. The third-order valence-corrected chi connectivity index (χ3v) is 29.8. The zero-order chi connectivity index (χ0) is 99.4. The first-order valence-electron chi connectivity index (χ1n) is 53.0. The summed E-state index contributed by atoms with van der Waals surface area (Å²) < 4.78 is 0. The number of hydrogen-bond acceptors (Lipinski definition) is 8. The Labute approximate surface area is 892 Å². The third kappa shape index (κ3) is 20.0. The van der Waals surface area contributed by atoms with Gasteiger partial charge in [0.1, 0.15) is 0 Å². The molecule has 16 aromatic rings. The Kier molecular flexibility index (Phi) is 30.5. The second-order valence-electron chi connectivity index (χ2n) is 39.7. The Morgan fingerprint density at radius 3 is 0.486 bits per heavy atom. The Morgan fingerprint density at radius 1 is 0.189 bits per heavy atom. The quantitative estimate of drug-likeness (QED) is 0.0212. The third-order valence-electron chi connectivity index (χ3n) is 29.8. The molecule has 10 aromatic carbocycles. The summed E-state index contributed by atoms with van der Waals surface area (Å²) in [7, 11) is 0. The molecule has 0 saturated carbocycles. The average molecular weight is 2040 g/mol. The second kappa shape index (κ2) is 44.9. The van der Waals surface area contributed by atoms with Crippen LogP contribution in [0.2, 0.25) is 0 Å². The van der Waals surface area contributed by atoms with Crippen LogP contribution in [0.4, 0.5) is 11.4 Å². The van der Waals surface area contributed by atoms with Crippen LogP contribution >= 0.6 is 0 Å². The molecule has 6 aromatic heterocycles. The maximum Gasteiger partial charge on any atom is 2.00 e. The number of benzene rings is 10. The monoisotopic (exact) mass is 2030 g/mol. The number of rotatable bonds is 34. The summed E-state index contributed by atoms with van der Waals surface area (Å²) in [5, 5.41) is 0.506. The number of hydrogen-bond donors (Lipinski definition) is 0. The average Bonchev–Trinajstić information content (AvgIpc) is 0.897. The van der Waals surface area contributed by atoms with Gasteiger partial charge >= 0.3 is 39.0 Å². The van der Waals surface area contributed by atoms with Gasteiger partial charge in [-0.1, -0.05) is 337 Å². The van der Waals surface area contributed by atoms with Crippen molar-refractivity contribution >= 4 is 139 Å². The molecular formula is C132H118N10O4Zn2. The van der Waals surface area contributed by atoms with Crippen molar-refractivity contribution in [1.82, 2.24) is 39.9 Å². The summed E-state index contributed by atoms with van der Waals surface area (Å²) in [6, 6.07) is 91.5. The zero-order valence-electron chi connectivity index (χ0n) is 85.5. The molecule has 0 N–H and O–H groups in total. The molecule has 16 heteroatoms. The number of anilines is 2. The summed E-state index contributed by atoms with van der Waals surface area (Å²) in [6.07, 6.45) is 43.3. The fourth-order valence-electron chi connectivity index (χ4n) is 21.9. The first-order chi connectivity index (χ1) is 71.8. The first-order valence-corrected chi connectivity index (χ1v) is 53.0. The van der Waals surface area contributed by atoms with Gasteiger partial charge in [0.2, 0.25) is 0 Å². The van der Waals surface area contributed by atoms with E-state index in [1.807, 2.05) is 24.3 Å². The second-order valence-corrected chi connectivity index (χ2v) is 39.7. The predicted molar refractivity (Wildman–Crippen MR) is 603 cm³/mol. The Morgan fingerprint density at radius 2 is 0.338 bits per heavy atom. The Hall–Kier alpha value is -14.8. The minimum Gasteiger partial charge on any atom is -0.657 e. The van der Waals surface area contributed by atoms with Gasteiger partial charge in [0.15, 0.2) is 0 Å². The van der Waals surface area contributed by atoms with Crippen LogP contribution in [0.15, 0.2) is 267 Å². The molecule has 0 radical (unpaired) electrons. The number of unbranched alkanes of at least 4 members (excludes halogenated alkanes) is 12. The van der Waals surface area contributed by atoms with Crippen molar-refractivity contribution in [3.05, 3.63) is 368 Å². The molecule has 16 bridgehead atoms. The van der Waals surface area contributed by atoms with E-state index in [2.05, 4.69) is 284 Å². The van der Waals surface area contributed by atoms with E-state index in [0.29, 0.717) is 33.8 Å². The van der Waals surface area contributed by atoms with Gasteiger partial charge in [-0.3, -0.25) is 19.2 Å². The number of aromatic nitrogens is 8. The van der Waals surface area contributed by atoms with Crippen molar-refractivity contribution in [1.29, 1.82) is 0 Å². The van der Waals surface area contributed by atoms with Crippen molar-refractivity contribution < 1.29 is 58.1 Å². The fourth-order valence-corrected chi connectivity index (χ4v) is 21.9. The predicted octanol–water partition coefficient (Wildman–Crippen LogP) is 32.6.